The zero-order valence-electron chi connectivity index (χ0n) is 15.3. The molecule has 1 saturated carbocycles. The van der Waals surface area contributed by atoms with Crippen molar-refractivity contribution < 1.29 is 14.0 Å². The van der Waals surface area contributed by atoms with E-state index in [0.717, 1.165) is 33.5 Å². The molecule has 2 amide bonds. The van der Waals surface area contributed by atoms with E-state index in [9.17, 15) is 9.59 Å². The maximum Gasteiger partial charge on any atom is 0.254 e. The number of imide groups is 1. The molecule has 1 aromatic heterocycles. The van der Waals surface area contributed by atoms with Gasteiger partial charge in [0.15, 0.2) is 0 Å². The Bertz CT molecular complexity index is 1010. The van der Waals surface area contributed by atoms with Crippen molar-refractivity contribution in [2.75, 3.05) is 0 Å². The maximum atomic E-state index is 12.8. The van der Waals surface area contributed by atoms with E-state index >= 15 is 0 Å². The highest BCUT2D eigenvalue weighted by molar-refractivity contribution is 9.10. The number of hydrogen-bond donors (Lipinski definition) is 0. The zero-order chi connectivity index (χ0) is 19.4. The summed E-state index contributed by atoms with van der Waals surface area (Å²) < 4.78 is 6.85. The van der Waals surface area contributed by atoms with Crippen LogP contribution in [0.3, 0.4) is 0 Å². The van der Waals surface area contributed by atoms with Gasteiger partial charge < -0.3 is 4.42 Å². The summed E-state index contributed by atoms with van der Waals surface area (Å²) in [4.78, 5) is 25.6. The minimum atomic E-state index is -0.245. The van der Waals surface area contributed by atoms with Crippen LogP contribution in [0, 0.1) is 30.6 Å². The van der Waals surface area contributed by atoms with Crippen molar-refractivity contribution in [2.45, 2.75) is 19.8 Å². The molecule has 1 aromatic carbocycles. The van der Waals surface area contributed by atoms with Gasteiger partial charge in [-0.2, -0.15) is 10.1 Å². The van der Waals surface area contributed by atoms with Gasteiger partial charge in [0.1, 0.15) is 11.5 Å². The second-order valence-electron chi connectivity index (χ2n) is 7.74. The van der Waals surface area contributed by atoms with E-state index in [-0.39, 0.29) is 35.5 Å². The molecule has 2 aromatic rings. The van der Waals surface area contributed by atoms with E-state index < -0.39 is 0 Å². The quantitative estimate of drug-likeness (QED) is 0.401. The van der Waals surface area contributed by atoms with E-state index in [1.807, 2.05) is 31.2 Å². The van der Waals surface area contributed by atoms with E-state index in [0.29, 0.717) is 11.5 Å². The first-order valence-electron chi connectivity index (χ1n) is 9.49. The number of halogens is 1. The second-order valence-corrected chi connectivity index (χ2v) is 8.59. The molecule has 142 valence electrons. The topological polar surface area (TPSA) is 62.9 Å². The van der Waals surface area contributed by atoms with Crippen LogP contribution in [0.1, 0.15) is 24.2 Å². The molecule has 0 unspecified atom stereocenters. The predicted octanol–water partition coefficient (Wildman–Crippen LogP) is 4.55. The van der Waals surface area contributed by atoms with Gasteiger partial charge >= 0.3 is 0 Å². The van der Waals surface area contributed by atoms with E-state index in [1.54, 1.807) is 6.07 Å². The fraction of sp³-hybridized carbons (Fsp3) is 0.318. The minimum Gasteiger partial charge on any atom is -0.455 e. The second kappa shape index (κ2) is 6.55. The predicted molar refractivity (Wildman–Crippen MR) is 108 cm³/mol. The Hall–Kier alpha value is -2.47. The number of allylic oxidation sites excluding steroid dienone is 2. The summed E-state index contributed by atoms with van der Waals surface area (Å²) in [6.45, 7) is 2.03. The van der Waals surface area contributed by atoms with Crippen LogP contribution in [0.2, 0.25) is 0 Å². The third-order valence-corrected chi connectivity index (χ3v) is 6.97. The van der Waals surface area contributed by atoms with Gasteiger partial charge in [-0.25, -0.2) is 0 Å². The van der Waals surface area contributed by atoms with Crippen molar-refractivity contribution in [3.63, 3.8) is 0 Å². The normalized spacial score (nSPS) is 28.6. The molecular formula is C22H19BrN2O3. The lowest BCUT2D eigenvalue weighted by Gasteiger charge is -2.37. The number of amides is 2. The van der Waals surface area contributed by atoms with Crippen molar-refractivity contribution in [1.29, 1.82) is 0 Å². The highest BCUT2D eigenvalue weighted by Crippen LogP contribution is 2.49. The van der Waals surface area contributed by atoms with E-state index in [2.05, 4.69) is 33.2 Å². The van der Waals surface area contributed by atoms with Crippen LogP contribution < -0.4 is 0 Å². The standard InChI is InChI=1S/C22H19BrN2O3/c1-12-2-3-15(10-17(12)23)18-9-8-16(28-18)11-24-25-21(26)19-13-4-5-14(7-6-13)20(19)22(25)27/h2-5,8-11,13-14,19-20H,6-7H2,1H3/b24-11-/t13-,14-,19+,20+/m0/s1. The van der Waals surface area contributed by atoms with Gasteiger partial charge in [0.25, 0.3) is 11.8 Å². The molecule has 5 nitrogen and oxygen atoms in total. The van der Waals surface area contributed by atoms with Crippen LogP contribution in [-0.2, 0) is 9.59 Å². The summed E-state index contributed by atoms with van der Waals surface area (Å²) in [5, 5.41) is 5.25. The number of nitrogens with zero attached hydrogens (tertiary/aromatic N) is 2. The van der Waals surface area contributed by atoms with Gasteiger partial charge in [-0.3, -0.25) is 9.59 Å². The zero-order valence-corrected chi connectivity index (χ0v) is 16.9. The third kappa shape index (κ3) is 2.70. The first-order valence-corrected chi connectivity index (χ1v) is 10.3. The van der Waals surface area contributed by atoms with Gasteiger partial charge in [0.2, 0.25) is 0 Å². The largest absolute Gasteiger partial charge is 0.455 e. The molecule has 6 heteroatoms. The van der Waals surface area contributed by atoms with Crippen molar-refractivity contribution in [1.82, 2.24) is 5.01 Å². The number of benzene rings is 1. The number of aryl methyl sites for hydroxylation is 1. The van der Waals surface area contributed by atoms with Gasteiger partial charge in [0.05, 0.1) is 18.1 Å². The molecular weight excluding hydrogens is 420 g/mol. The Labute approximate surface area is 171 Å². The Balaban J connectivity index is 1.37. The van der Waals surface area contributed by atoms with Crippen LogP contribution >= 0.6 is 15.9 Å². The van der Waals surface area contributed by atoms with Crippen molar-refractivity contribution in [3.05, 3.63) is 58.3 Å². The molecule has 2 fully saturated rings. The number of hydrogen-bond acceptors (Lipinski definition) is 4. The summed E-state index contributed by atoms with van der Waals surface area (Å²) in [7, 11) is 0. The van der Waals surface area contributed by atoms with Gasteiger partial charge in [-0.05, 0) is 55.4 Å². The molecule has 2 bridgehead atoms. The summed E-state index contributed by atoms with van der Waals surface area (Å²) in [5.41, 5.74) is 2.09. The van der Waals surface area contributed by atoms with Gasteiger partial charge in [0, 0.05) is 10.0 Å². The minimum absolute atomic E-state index is 0.168. The number of fused-ring (bicyclic) bond motifs is 1. The molecule has 2 heterocycles. The fourth-order valence-corrected chi connectivity index (χ4v) is 4.99. The van der Waals surface area contributed by atoms with Crippen LogP contribution in [-0.4, -0.2) is 23.0 Å². The first kappa shape index (κ1) is 17.6. The van der Waals surface area contributed by atoms with Crippen LogP contribution in [0.25, 0.3) is 11.3 Å². The van der Waals surface area contributed by atoms with E-state index in [1.165, 1.54) is 6.21 Å². The van der Waals surface area contributed by atoms with Crippen molar-refractivity contribution in [3.8, 4) is 11.3 Å². The lowest BCUT2D eigenvalue weighted by Crippen LogP contribution is -2.38. The molecule has 4 atom stereocenters. The molecule has 28 heavy (non-hydrogen) atoms. The SMILES string of the molecule is Cc1ccc(-c2ccc(/C=N\N3C(=O)[C@H]4[C@H](C3=O)[C@H]3C=C[C@H]4CC3)o2)cc1Br. The monoisotopic (exact) mass is 438 g/mol. The fourth-order valence-electron chi connectivity index (χ4n) is 4.61. The summed E-state index contributed by atoms with van der Waals surface area (Å²) in [6, 6.07) is 9.64. The van der Waals surface area contributed by atoms with Crippen molar-refractivity contribution in [2.24, 2.45) is 28.8 Å². The average molecular weight is 439 g/mol. The molecule has 1 saturated heterocycles. The average Bonchev–Trinajstić information content (AvgIpc) is 3.28. The van der Waals surface area contributed by atoms with Gasteiger partial charge in [-0.15, -0.1) is 0 Å². The lowest BCUT2D eigenvalue weighted by atomic mass is 9.63. The molecule has 0 N–H and O–H groups in total. The molecule has 3 aliphatic carbocycles. The number of rotatable bonds is 3. The summed E-state index contributed by atoms with van der Waals surface area (Å²) >= 11 is 3.53. The maximum absolute atomic E-state index is 12.8. The molecule has 6 rings (SSSR count). The Kier molecular flexibility index (Phi) is 4.12. The number of furan rings is 1. The molecule has 4 aliphatic rings. The Morgan fingerprint density at radius 2 is 1.75 bits per heavy atom. The van der Waals surface area contributed by atoms with Gasteiger partial charge in [-0.1, -0.05) is 40.2 Å². The molecule has 0 radical (unpaired) electrons. The van der Waals surface area contributed by atoms with Crippen LogP contribution in [0.5, 0.6) is 0 Å². The Morgan fingerprint density at radius 3 is 2.36 bits per heavy atom. The third-order valence-electron chi connectivity index (χ3n) is 6.12. The lowest BCUT2D eigenvalue weighted by molar-refractivity contribution is -0.140. The highest BCUT2D eigenvalue weighted by atomic mass is 79.9. The first-order chi connectivity index (χ1) is 13.5. The summed E-state index contributed by atoms with van der Waals surface area (Å²) in [5.74, 6) is 0.694. The molecule has 0 spiro atoms. The molecule has 1 aliphatic heterocycles. The number of hydrazone groups is 1. The van der Waals surface area contributed by atoms with Crippen LogP contribution in [0.15, 0.2) is 56.5 Å². The summed E-state index contributed by atoms with van der Waals surface area (Å²) in [6.07, 6.45) is 7.62. The van der Waals surface area contributed by atoms with E-state index in [4.69, 9.17) is 4.42 Å². The number of carbonyl (C=O) groups excluding carboxylic acids is 2. The Morgan fingerprint density at radius 1 is 1.07 bits per heavy atom. The highest BCUT2D eigenvalue weighted by Gasteiger charge is 2.56. The smallest absolute Gasteiger partial charge is 0.254 e. The van der Waals surface area contributed by atoms with Crippen LogP contribution in [0.4, 0.5) is 0 Å². The van der Waals surface area contributed by atoms with Crippen molar-refractivity contribution >= 4 is 34.0 Å². The number of carbonyl (C=O) groups is 2.